The van der Waals surface area contributed by atoms with Crippen molar-refractivity contribution < 1.29 is 4.74 Å². The van der Waals surface area contributed by atoms with E-state index in [2.05, 4.69) is 15.5 Å². The van der Waals surface area contributed by atoms with E-state index in [1.807, 2.05) is 6.07 Å². The Morgan fingerprint density at radius 1 is 1.71 bits per heavy atom. The Morgan fingerprint density at radius 3 is 3.12 bits per heavy atom. The third kappa shape index (κ3) is 2.16. The summed E-state index contributed by atoms with van der Waals surface area (Å²) in [5, 5.41) is 19.4. The average Bonchev–Trinajstić information content (AvgIpc) is 2.94. The molecule has 0 aliphatic rings. The van der Waals surface area contributed by atoms with Crippen molar-refractivity contribution in [2.24, 2.45) is 0 Å². The molecule has 4 N–H and O–H groups in total. The van der Waals surface area contributed by atoms with Crippen LogP contribution in [0.2, 0.25) is 0 Å². The number of rotatable bonds is 4. The molecular weight excluding hydrogens is 238 g/mol. The number of anilines is 2. The predicted molar refractivity (Wildman–Crippen MR) is 65.9 cm³/mol. The van der Waals surface area contributed by atoms with Crippen LogP contribution in [0.15, 0.2) is 12.4 Å². The summed E-state index contributed by atoms with van der Waals surface area (Å²) in [6, 6.07) is 2.04. The average molecular weight is 249 g/mol. The molecule has 2 rings (SSSR count). The van der Waals surface area contributed by atoms with Gasteiger partial charge in [-0.15, -0.1) is 11.3 Å². The van der Waals surface area contributed by atoms with Gasteiger partial charge in [-0.25, -0.2) is 0 Å². The Hall–Kier alpha value is -2.20. The summed E-state index contributed by atoms with van der Waals surface area (Å²) in [5.41, 5.74) is 7.17. The number of aromatic amines is 1. The minimum atomic E-state index is 0.384. The smallest absolute Gasteiger partial charge is 0.177 e. The number of nitrogen functional groups attached to an aromatic ring is 1. The lowest BCUT2D eigenvalue weighted by Crippen LogP contribution is -1.98. The fraction of sp³-hybridized carbons (Fsp3) is 0.200. The van der Waals surface area contributed by atoms with Gasteiger partial charge in [-0.3, -0.25) is 5.10 Å². The van der Waals surface area contributed by atoms with Gasteiger partial charge in [-0.2, -0.15) is 10.4 Å². The number of aromatic nitrogens is 2. The number of nitrogens with zero attached hydrogens (tertiary/aromatic N) is 2. The van der Waals surface area contributed by atoms with Crippen LogP contribution in [0.3, 0.4) is 0 Å². The molecule has 0 aromatic carbocycles. The third-order valence-electron chi connectivity index (χ3n) is 2.21. The van der Waals surface area contributed by atoms with Gasteiger partial charge in [-0.05, 0) is 0 Å². The van der Waals surface area contributed by atoms with E-state index in [1.54, 1.807) is 12.4 Å². The molecule has 0 fully saturated rings. The molecule has 88 valence electrons. The van der Waals surface area contributed by atoms with E-state index in [9.17, 15) is 0 Å². The van der Waals surface area contributed by atoms with E-state index >= 15 is 0 Å². The number of nitriles is 1. The maximum absolute atomic E-state index is 8.89. The molecule has 6 nitrogen and oxygen atoms in total. The Labute approximate surface area is 102 Å². The zero-order valence-electron chi connectivity index (χ0n) is 9.15. The highest BCUT2D eigenvalue weighted by Gasteiger charge is 2.16. The molecule has 0 aliphatic carbocycles. The summed E-state index contributed by atoms with van der Waals surface area (Å²) < 4.78 is 5.18. The third-order valence-corrected chi connectivity index (χ3v) is 3.26. The van der Waals surface area contributed by atoms with E-state index in [4.69, 9.17) is 15.7 Å². The number of nitrogens with two attached hydrogens (primary N) is 1. The van der Waals surface area contributed by atoms with Crippen LogP contribution in [0.1, 0.15) is 10.4 Å². The van der Waals surface area contributed by atoms with Crippen molar-refractivity contribution >= 4 is 22.0 Å². The molecule has 2 aromatic heterocycles. The van der Waals surface area contributed by atoms with Gasteiger partial charge in [0.1, 0.15) is 21.6 Å². The van der Waals surface area contributed by atoms with Crippen LogP contribution in [0.25, 0.3) is 0 Å². The number of hydrogen-bond acceptors (Lipinski definition) is 6. The first-order valence-electron chi connectivity index (χ1n) is 4.84. The molecule has 0 amide bonds. The van der Waals surface area contributed by atoms with Crippen molar-refractivity contribution in [3.63, 3.8) is 0 Å². The van der Waals surface area contributed by atoms with E-state index in [0.29, 0.717) is 22.9 Å². The normalized spacial score (nSPS) is 9.88. The van der Waals surface area contributed by atoms with Gasteiger partial charge >= 0.3 is 0 Å². The molecule has 7 heteroatoms. The van der Waals surface area contributed by atoms with Gasteiger partial charge in [0.05, 0.1) is 13.3 Å². The summed E-state index contributed by atoms with van der Waals surface area (Å²) in [6.45, 7) is 0.595. The van der Waals surface area contributed by atoms with Crippen LogP contribution in [0.4, 0.5) is 10.7 Å². The molecule has 0 aliphatic heterocycles. The van der Waals surface area contributed by atoms with Crippen molar-refractivity contribution in [3.05, 3.63) is 22.8 Å². The topological polar surface area (TPSA) is 99.7 Å². The molecule has 0 atom stereocenters. The maximum atomic E-state index is 8.89. The second-order valence-electron chi connectivity index (χ2n) is 3.28. The Balaban J connectivity index is 2.18. The minimum absolute atomic E-state index is 0.384. The highest BCUT2D eigenvalue weighted by atomic mass is 32.1. The molecule has 0 unspecified atom stereocenters. The first-order chi connectivity index (χ1) is 8.26. The maximum Gasteiger partial charge on any atom is 0.177 e. The number of hydrogen-bond donors (Lipinski definition) is 3. The van der Waals surface area contributed by atoms with Crippen molar-refractivity contribution in [3.8, 4) is 11.8 Å². The standard InChI is InChI=1S/C10H11N5OS/c1-16-9-8(12)7(2-11)17-10(9)13-3-6-4-14-15-5-6/h4-5,13H,3,12H2,1H3,(H,14,15). The van der Waals surface area contributed by atoms with Gasteiger partial charge in [0.15, 0.2) is 5.75 Å². The lowest BCUT2D eigenvalue weighted by molar-refractivity contribution is 0.420. The second kappa shape index (κ2) is 4.76. The van der Waals surface area contributed by atoms with Crippen LogP contribution < -0.4 is 15.8 Å². The molecule has 0 saturated heterocycles. The van der Waals surface area contributed by atoms with E-state index in [0.717, 1.165) is 10.6 Å². The van der Waals surface area contributed by atoms with E-state index < -0.39 is 0 Å². The molecule has 2 aromatic rings. The van der Waals surface area contributed by atoms with Crippen molar-refractivity contribution in [2.75, 3.05) is 18.2 Å². The molecule has 0 radical (unpaired) electrons. The lowest BCUT2D eigenvalue weighted by Gasteiger charge is -2.05. The van der Waals surface area contributed by atoms with Crippen LogP contribution in [-0.4, -0.2) is 17.3 Å². The monoisotopic (exact) mass is 249 g/mol. The highest BCUT2D eigenvalue weighted by molar-refractivity contribution is 7.17. The second-order valence-corrected chi connectivity index (χ2v) is 4.30. The summed E-state index contributed by atoms with van der Waals surface area (Å²) >= 11 is 1.28. The van der Waals surface area contributed by atoms with Crippen LogP contribution in [0.5, 0.6) is 5.75 Å². The first kappa shape index (κ1) is 11.3. The molecule has 0 spiro atoms. The van der Waals surface area contributed by atoms with Gasteiger partial charge in [-0.1, -0.05) is 0 Å². The fourth-order valence-corrected chi connectivity index (χ4v) is 2.27. The lowest BCUT2D eigenvalue weighted by atomic mass is 10.3. The van der Waals surface area contributed by atoms with Crippen molar-refractivity contribution in [1.29, 1.82) is 5.26 Å². The number of methoxy groups -OCH3 is 1. The summed E-state index contributed by atoms with van der Waals surface area (Å²) in [6.07, 6.45) is 3.52. The fourth-order valence-electron chi connectivity index (χ4n) is 1.39. The SMILES string of the molecule is COc1c(NCc2cn[nH]c2)sc(C#N)c1N. The highest BCUT2D eigenvalue weighted by Crippen LogP contribution is 2.42. The van der Waals surface area contributed by atoms with Gasteiger partial charge in [0.25, 0.3) is 0 Å². The quantitative estimate of drug-likeness (QED) is 0.763. The largest absolute Gasteiger partial charge is 0.492 e. The van der Waals surface area contributed by atoms with Crippen LogP contribution in [0, 0.1) is 11.3 Å². The summed E-state index contributed by atoms with van der Waals surface area (Å²) in [4.78, 5) is 0.455. The van der Waals surface area contributed by atoms with Crippen molar-refractivity contribution in [2.45, 2.75) is 6.54 Å². The molecule has 0 bridgehead atoms. The Bertz CT molecular complexity index is 540. The predicted octanol–water partition coefficient (Wildman–Crippen LogP) is 1.55. The zero-order chi connectivity index (χ0) is 12.3. The first-order valence-corrected chi connectivity index (χ1v) is 5.65. The molecule has 2 heterocycles. The Kier molecular flexibility index (Phi) is 3.16. The van der Waals surface area contributed by atoms with Gasteiger partial charge < -0.3 is 15.8 Å². The summed E-state index contributed by atoms with van der Waals surface area (Å²) in [7, 11) is 1.53. The molecular formula is C10H11N5OS. The number of H-pyrrole nitrogens is 1. The zero-order valence-corrected chi connectivity index (χ0v) is 9.97. The Morgan fingerprint density at radius 2 is 2.53 bits per heavy atom. The van der Waals surface area contributed by atoms with E-state index in [1.165, 1.54) is 18.4 Å². The number of thiophene rings is 1. The van der Waals surface area contributed by atoms with Crippen LogP contribution in [-0.2, 0) is 6.54 Å². The van der Waals surface area contributed by atoms with Gasteiger partial charge in [0.2, 0.25) is 0 Å². The van der Waals surface area contributed by atoms with Gasteiger partial charge in [0, 0.05) is 18.3 Å². The minimum Gasteiger partial charge on any atom is -0.492 e. The van der Waals surface area contributed by atoms with Crippen LogP contribution >= 0.6 is 11.3 Å². The van der Waals surface area contributed by atoms with E-state index in [-0.39, 0.29) is 0 Å². The molecule has 0 saturated carbocycles. The number of nitrogens with one attached hydrogen (secondary N) is 2. The number of ether oxygens (including phenoxy) is 1. The summed E-state index contributed by atoms with van der Waals surface area (Å²) in [5.74, 6) is 0.523. The molecule has 17 heavy (non-hydrogen) atoms. The van der Waals surface area contributed by atoms with Crippen molar-refractivity contribution in [1.82, 2.24) is 10.2 Å².